The Bertz CT molecular complexity index is 1420. The van der Waals surface area contributed by atoms with E-state index < -0.39 is 34.9 Å². The predicted molar refractivity (Wildman–Crippen MR) is 124 cm³/mol. The first kappa shape index (κ1) is 22.2. The van der Waals surface area contributed by atoms with Crippen LogP contribution in [-0.4, -0.2) is 39.5 Å². The average molecular weight is 482 g/mol. The summed E-state index contributed by atoms with van der Waals surface area (Å²) < 4.78 is 15.6. The van der Waals surface area contributed by atoms with Crippen LogP contribution in [0.5, 0.6) is 5.75 Å². The topological polar surface area (TPSA) is 91.6 Å². The molecule has 5 rings (SSSR count). The first-order valence-corrected chi connectivity index (χ1v) is 11.2. The van der Waals surface area contributed by atoms with Crippen molar-refractivity contribution >= 4 is 23.4 Å². The molecule has 2 aromatic carbocycles. The van der Waals surface area contributed by atoms with E-state index in [1.54, 1.807) is 30.0 Å². The minimum atomic E-state index is -0.947. The molecule has 0 spiro atoms. The Morgan fingerprint density at radius 2 is 2.03 bits per heavy atom. The second-order valence-corrected chi connectivity index (χ2v) is 9.05. The molecule has 2 amide bonds. The maximum absolute atomic E-state index is 14.2. The van der Waals surface area contributed by atoms with Crippen molar-refractivity contribution in [3.05, 3.63) is 97.2 Å². The fraction of sp³-hybridized carbons (Fsp3) is 0.240. The fourth-order valence-corrected chi connectivity index (χ4v) is 4.84. The number of hydrogen-bond donors (Lipinski definition) is 2. The van der Waals surface area contributed by atoms with Gasteiger partial charge in [-0.25, -0.2) is 4.39 Å². The van der Waals surface area contributed by atoms with Gasteiger partial charge < -0.3 is 19.9 Å². The van der Waals surface area contributed by atoms with Crippen LogP contribution in [-0.2, 0) is 13.0 Å². The number of benzene rings is 2. The largest absolute Gasteiger partial charge is 0.503 e. The van der Waals surface area contributed by atoms with Gasteiger partial charge in [0.15, 0.2) is 11.4 Å². The lowest BCUT2D eigenvalue weighted by molar-refractivity contribution is 0.0686. The molecule has 2 N–H and O–H groups in total. The number of fused-ring (bicyclic) bond motifs is 6. The summed E-state index contributed by atoms with van der Waals surface area (Å²) in [6, 6.07) is 9.68. The molecule has 0 fully saturated rings. The van der Waals surface area contributed by atoms with E-state index in [4.69, 9.17) is 11.6 Å². The second-order valence-electron chi connectivity index (χ2n) is 8.61. The molecule has 0 aliphatic carbocycles. The Morgan fingerprint density at radius 3 is 2.79 bits per heavy atom. The molecule has 174 valence electrons. The summed E-state index contributed by atoms with van der Waals surface area (Å²) in [7, 11) is 0. The van der Waals surface area contributed by atoms with Crippen molar-refractivity contribution in [2.24, 2.45) is 0 Å². The number of pyridine rings is 1. The number of nitrogens with zero attached hydrogens (tertiary/aromatic N) is 2. The number of rotatable bonds is 3. The van der Waals surface area contributed by atoms with Crippen molar-refractivity contribution in [1.82, 2.24) is 14.8 Å². The number of aromatic nitrogens is 1. The Labute approximate surface area is 199 Å². The molecule has 2 aliphatic rings. The van der Waals surface area contributed by atoms with Gasteiger partial charge in [0.2, 0.25) is 5.43 Å². The zero-order valence-corrected chi connectivity index (χ0v) is 19.0. The van der Waals surface area contributed by atoms with Gasteiger partial charge >= 0.3 is 0 Å². The van der Waals surface area contributed by atoms with Gasteiger partial charge in [0.1, 0.15) is 11.4 Å². The number of aromatic hydroxyl groups is 1. The van der Waals surface area contributed by atoms with E-state index in [2.05, 4.69) is 5.32 Å². The van der Waals surface area contributed by atoms with E-state index in [0.29, 0.717) is 24.5 Å². The van der Waals surface area contributed by atoms with Crippen molar-refractivity contribution in [3.8, 4) is 5.75 Å². The number of aryl methyl sites for hydroxylation is 1. The van der Waals surface area contributed by atoms with Gasteiger partial charge in [0.05, 0.1) is 6.04 Å². The predicted octanol–water partition coefficient (Wildman–Crippen LogP) is 3.19. The lowest BCUT2D eigenvalue weighted by atomic mass is 9.97. The zero-order chi connectivity index (χ0) is 24.1. The molecule has 2 bridgehead atoms. The number of halogens is 2. The van der Waals surface area contributed by atoms with Crippen LogP contribution in [0.3, 0.4) is 0 Å². The molecule has 0 saturated heterocycles. The van der Waals surface area contributed by atoms with Crippen LogP contribution in [0.25, 0.3) is 0 Å². The molecule has 0 radical (unpaired) electrons. The number of carbonyl (C=O) groups excluding carboxylic acids is 2. The molecule has 1 aromatic heterocycles. The van der Waals surface area contributed by atoms with E-state index in [9.17, 15) is 23.9 Å². The third kappa shape index (κ3) is 3.64. The Hall–Kier alpha value is -3.65. The van der Waals surface area contributed by atoms with Crippen LogP contribution in [0.15, 0.2) is 47.4 Å². The lowest BCUT2D eigenvalue weighted by Crippen LogP contribution is -2.45. The van der Waals surface area contributed by atoms with Crippen molar-refractivity contribution in [3.63, 3.8) is 0 Å². The molecule has 3 heterocycles. The van der Waals surface area contributed by atoms with E-state index >= 15 is 0 Å². The molecule has 1 atom stereocenters. The summed E-state index contributed by atoms with van der Waals surface area (Å²) in [5.74, 6) is -2.48. The molecule has 2 aliphatic heterocycles. The van der Waals surface area contributed by atoms with Gasteiger partial charge in [-0.3, -0.25) is 14.4 Å². The van der Waals surface area contributed by atoms with Crippen LogP contribution in [0.4, 0.5) is 4.39 Å². The summed E-state index contributed by atoms with van der Waals surface area (Å²) in [6.45, 7) is 2.37. The van der Waals surface area contributed by atoms with E-state index in [1.165, 1.54) is 16.8 Å². The minimum absolute atomic E-state index is 0.135. The number of carbonyl (C=O) groups is 2. The van der Waals surface area contributed by atoms with Crippen LogP contribution < -0.4 is 10.7 Å². The minimum Gasteiger partial charge on any atom is -0.503 e. The maximum atomic E-state index is 14.2. The highest BCUT2D eigenvalue weighted by atomic mass is 35.5. The molecule has 3 aromatic rings. The second kappa shape index (κ2) is 8.29. The Kier molecular flexibility index (Phi) is 5.40. The highest BCUT2D eigenvalue weighted by Crippen LogP contribution is 2.35. The van der Waals surface area contributed by atoms with Crippen LogP contribution in [0.2, 0.25) is 5.02 Å². The van der Waals surface area contributed by atoms with E-state index in [-0.39, 0.29) is 23.4 Å². The number of amides is 2. The molecular weight excluding hydrogens is 461 g/mol. The summed E-state index contributed by atoms with van der Waals surface area (Å²) in [4.78, 5) is 40.4. The third-order valence-electron chi connectivity index (χ3n) is 6.44. The fourth-order valence-electron chi connectivity index (χ4n) is 4.65. The van der Waals surface area contributed by atoms with Gasteiger partial charge in [-0.1, -0.05) is 29.8 Å². The first-order chi connectivity index (χ1) is 16.2. The summed E-state index contributed by atoms with van der Waals surface area (Å²) in [6.07, 6.45) is 1.88. The van der Waals surface area contributed by atoms with Crippen molar-refractivity contribution in [2.75, 3.05) is 13.1 Å². The first-order valence-electron chi connectivity index (χ1n) is 10.8. The van der Waals surface area contributed by atoms with Crippen molar-refractivity contribution in [1.29, 1.82) is 0 Å². The Balaban J connectivity index is 1.55. The third-order valence-corrected chi connectivity index (χ3v) is 6.67. The summed E-state index contributed by atoms with van der Waals surface area (Å²) in [5, 5.41) is 13.8. The summed E-state index contributed by atoms with van der Waals surface area (Å²) >= 11 is 6.17. The normalized spacial score (nSPS) is 16.5. The molecule has 7 nitrogen and oxygen atoms in total. The quantitative estimate of drug-likeness (QED) is 0.601. The molecule has 9 heteroatoms. The van der Waals surface area contributed by atoms with E-state index in [0.717, 1.165) is 16.7 Å². The monoisotopic (exact) mass is 481 g/mol. The number of hydrogen-bond acceptors (Lipinski definition) is 4. The van der Waals surface area contributed by atoms with Crippen molar-refractivity contribution < 1.29 is 19.1 Å². The highest BCUT2D eigenvalue weighted by molar-refractivity contribution is 6.30. The van der Waals surface area contributed by atoms with Gasteiger partial charge in [0.25, 0.3) is 11.8 Å². The Morgan fingerprint density at radius 1 is 1.24 bits per heavy atom. The van der Waals surface area contributed by atoms with Gasteiger partial charge in [-0.05, 0) is 48.2 Å². The summed E-state index contributed by atoms with van der Waals surface area (Å²) in [5.41, 5.74) is 1.45. The van der Waals surface area contributed by atoms with Gasteiger partial charge in [0, 0.05) is 36.4 Å². The molecular formula is C25H21ClFN3O4. The molecule has 0 unspecified atom stereocenters. The van der Waals surface area contributed by atoms with Gasteiger partial charge in [-0.2, -0.15) is 0 Å². The lowest BCUT2D eigenvalue weighted by Gasteiger charge is -2.35. The maximum Gasteiger partial charge on any atom is 0.274 e. The van der Waals surface area contributed by atoms with Crippen molar-refractivity contribution in [2.45, 2.75) is 25.9 Å². The smallest absolute Gasteiger partial charge is 0.274 e. The SMILES string of the molecule is Cc1ccc(CNC(=O)c2cn3c(c(O)c2=O)C(=O)N2CCc4cc(Cl)ccc4[C@H]3C2)c(F)c1. The van der Waals surface area contributed by atoms with Crippen LogP contribution in [0, 0.1) is 12.7 Å². The van der Waals surface area contributed by atoms with Gasteiger partial charge in [-0.15, -0.1) is 0 Å². The van der Waals surface area contributed by atoms with Crippen LogP contribution >= 0.6 is 11.6 Å². The standard InChI is InChI=1S/C25H21ClFN3O4/c1-13-2-3-15(19(27)8-13)10-28-24(33)18-11-30-20-12-29(25(34)21(30)23(32)22(18)31)7-6-14-9-16(26)4-5-17(14)20/h2-5,8-9,11,20,32H,6-7,10,12H2,1H3,(H,28,33)/t20-/m1/s1. The molecule has 0 saturated carbocycles. The average Bonchev–Trinajstić information content (AvgIpc) is 2.96. The van der Waals surface area contributed by atoms with Crippen LogP contribution in [0.1, 0.15) is 49.1 Å². The zero-order valence-electron chi connectivity index (χ0n) is 18.3. The van der Waals surface area contributed by atoms with E-state index in [1.807, 2.05) is 12.1 Å². The highest BCUT2D eigenvalue weighted by Gasteiger charge is 2.38. The number of nitrogens with one attached hydrogen (secondary N) is 1. The molecule has 34 heavy (non-hydrogen) atoms.